The van der Waals surface area contributed by atoms with E-state index < -0.39 is 0 Å². The quantitative estimate of drug-likeness (QED) is 0.664. The van der Waals surface area contributed by atoms with E-state index in [4.69, 9.17) is 0 Å². The summed E-state index contributed by atoms with van der Waals surface area (Å²) in [5.74, 6) is -0.412. The van der Waals surface area contributed by atoms with Gasteiger partial charge in [-0.1, -0.05) is 0 Å². The van der Waals surface area contributed by atoms with Crippen molar-refractivity contribution in [2.24, 2.45) is 0 Å². The summed E-state index contributed by atoms with van der Waals surface area (Å²) in [7, 11) is 1.57. The molecule has 0 radical (unpaired) electrons. The molecule has 0 atom stereocenters. The van der Waals surface area contributed by atoms with Gasteiger partial charge < -0.3 is 16.0 Å². The predicted molar refractivity (Wildman–Crippen MR) is 99.1 cm³/mol. The van der Waals surface area contributed by atoms with Crippen LogP contribution < -0.4 is 16.0 Å². The van der Waals surface area contributed by atoms with Crippen molar-refractivity contribution in [2.45, 2.75) is 19.8 Å². The Morgan fingerprint density at radius 1 is 1.08 bits per heavy atom. The first-order valence-corrected chi connectivity index (χ1v) is 8.88. The third-order valence-corrected chi connectivity index (χ3v) is 4.32. The van der Waals surface area contributed by atoms with E-state index in [9.17, 15) is 14.4 Å². The number of amides is 3. The molecule has 0 bridgehead atoms. The summed E-state index contributed by atoms with van der Waals surface area (Å²) in [6, 6.07) is 6.88. The lowest BCUT2D eigenvalue weighted by molar-refractivity contribution is -0.116. The van der Waals surface area contributed by atoms with E-state index in [0.29, 0.717) is 36.2 Å². The Bertz CT molecular complexity index is 757. The van der Waals surface area contributed by atoms with Crippen LogP contribution in [0.2, 0.25) is 0 Å². The smallest absolute Gasteiger partial charge is 0.252 e. The molecule has 1 heterocycles. The molecule has 1 aromatic heterocycles. The van der Waals surface area contributed by atoms with Crippen molar-refractivity contribution in [1.29, 1.82) is 0 Å². The summed E-state index contributed by atoms with van der Waals surface area (Å²) in [6.07, 6.45) is 0.859. The second-order valence-corrected chi connectivity index (χ2v) is 6.31. The Labute approximate surface area is 150 Å². The molecule has 132 valence electrons. The van der Waals surface area contributed by atoms with E-state index in [-0.39, 0.29) is 17.7 Å². The minimum absolute atomic E-state index is 0.123. The van der Waals surface area contributed by atoms with Crippen LogP contribution in [0, 0.1) is 6.92 Å². The first kappa shape index (κ1) is 18.7. The fourth-order valence-corrected chi connectivity index (χ4v) is 2.88. The number of aryl methyl sites for hydroxylation is 1. The minimum atomic E-state index is -0.164. The topological polar surface area (TPSA) is 87.3 Å². The van der Waals surface area contributed by atoms with Crippen LogP contribution in [-0.4, -0.2) is 31.3 Å². The van der Waals surface area contributed by atoms with Gasteiger partial charge in [0.2, 0.25) is 5.91 Å². The summed E-state index contributed by atoms with van der Waals surface area (Å²) in [5.41, 5.74) is 2.69. The largest absolute Gasteiger partial charge is 0.355 e. The number of benzene rings is 1. The SMILES string of the molecule is CNC(=O)c1ccc(NC(=O)CCCNC(=O)c2ccsc2)c(C)c1. The molecule has 25 heavy (non-hydrogen) atoms. The monoisotopic (exact) mass is 359 g/mol. The maximum Gasteiger partial charge on any atom is 0.252 e. The van der Waals surface area contributed by atoms with Gasteiger partial charge in [-0.15, -0.1) is 0 Å². The number of thiophene rings is 1. The first-order chi connectivity index (χ1) is 12.0. The molecule has 2 aromatic rings. The van der Waals surface area contributed by atoms with Crippen LogP contribution >= 0.6 is 11.3 Å². The average molecular weight is 359 g/mol. The molecule has 6 nitrogen and oxygen atoms in total. The summed E-state index contributed by atoms with van der Waals surface area (Å²) in [4.78, 5) is 35.4. The van der Waals surface area contributed by atoms with Gasteiger partial charge in [0.15, 0.2) is 0 Å². The van der Waals surface area contributed by atoms with Gasteiger partial charge in [-0.3, -0.25) is 14.4 Å². The Morgan fingerprint density at radius 3 is 2.52 bits per heavy atom. The number of hydrogen-bond acceptors (Lipinski definition) is 4. The van der Waals surface area contributed by atoms with Crippen molar-refractivity contribution in [3.8, 4) is 0 Å². The average Bonchev–Trinajstić information content (AvgIpc) is 3.14. The Balaban J connectivity index is 1.76. The second-order valence-electron chi connectivity index (χ2n) is 5.53. The molecule has 0 aliphatic rings. The zero-order valence-corrected chi connectivity index (χ0v) is 15.0. The number of anilines is 1. The van der Waals surface area contributed by atoms with E-state index in [1.54, 1.807) is 36.7 Å². The van der Waals surface area contributed by atoms with Gasteiger partial charge in [0.1, 0.15) is 0 Å². The van der Waals surface area contributed by atoms with Gasteiger partial charge in [-0.05, 0) is 48.6 Å². The molecule has 0 spiro atoms. The number of nitrogens with one attached hydrogen (secondary N) is 3. The van der Waals surface area contributed by atoms with Crippen LogP contribution in [-0.2, 0) is 4.79 Å². The third-order valence-electron chi connectivity index (χ3n) is 3.64. The van der Waals surface area contributed by atoms with Crippen LogP contribution in [0.15, 0.2) is 35.0 Å². The van der Waals surface area contributed by atoms with Gasteiger partial charge >= 0.3 is 0 Å². The van der Waals surface area contributed by atoms with Gasteiger partial charge in [-0.2, -0.15) is 11.3 Å². The highest BCUT2D eigenvalue weighted by Crippen LogP contribution is 2.17. The third kappa shape index (κ3) is 5.42. The highest BCUT2D eigenvalue weighted by molar-refractivity contribution is 7.08. The van der Waals surface area contributed by atoms with Crippen LogP contribution in [0.5, 0.6) is 0 Å². The highest BCUT2D eigenvalue weighted by Gasteiger charge is 2.09. The summed E-state index contributed by atoms with van der Waals surface area (Å²) >= 11 is 1.47. The minimum Gasteiger partial charge on any atom is -0.355 e. The van der Waals surface area contributed by atoms with E-state index in [2.05, 4.69) is 16.0 Å². The molecular weight excluding hydrogens is 338 g/mol. The number of rotatable bonds is 7. The molecule has 1 aromatic carbocycles. The van der Waals surface area contributed by atoms with E-state index in [1.165, 1.54) is 11.3 Å². The van der Waals surface area contributed by atoms with Gasteiger partial charge in [0.25, 0.3) is 11.8 Å². The Hall–Kier alpha value is -2.67. The normalized spacial score (nSPS) is 10.2. The molecule has 0 aliphatic carbocycles. The number of carbonyl (C=O) groups is 3. The van der Waals surface area contributed by atoms with Crippen molar-refractivity contribution in [1.82, 2.24) is 10.6 Å². The first-order valence-electron chi connectivity index (χ1n) is 7.94. The molecule has 3 amide bonds. The van der Waals surface area contributed by atoms with Crippen molar-refractivity contribution < 1.29 is 14.4 Å². The molecule has 0 fully saturated rings. The molecule has 7 heteroatoms. The summed E-state index contributed by atoms with van der Waals surface area (Å²) < 4.78 is 0. The fourth-order valence-electron chi connectivity index (χ4n) is 2.25. The van der Waals surface area contributed by atoms with Crippen molar-refractivity contribution >= 4 is 34.7 Å². The van der Waals surface area contributed by atoms with Crippen LogP contribution in [0.1, 0.15) is 39.1 Å². The molecule has 0 aliphatic heterocycles. The lowest BCUT2D eigenvalue weighted by atomic mass is 10.1. The fraction of sp³-hybridized carbons (Fsp3) is 0.278. The zero-order chi connectivity index (χ0) is 18.2. The summed E-state index contributed by atoms with van der Waals surface area (Å²) in [6.45, 7) is 2.28. The van der Waals surface area contributed by atoms with Crippen LogP contribution in [0.4, 0.5) is 5.69 Å². The second kappa shape index (κ2) is 8.98. The highest BCUT2D eigenvalue weighted by atomic mass is 32.1. The maximum absolute atomic E-state index is 12.0. The molecule has 0 unspecified atom stereocenters. The van der Waals surface area contributed by atoms with Gasteiger partial charge in [-0.25, -0.2) is 0 Å². The zero-order valence-electron chi connectivity index (χ0n) is 14.2. The molecular formula is C18H21N3O3S. The predicted octanol–water partition coefficient (Wildman–Crippen LogP) is 2.56. The number of carbonyl (C=O) groups excluding carboxylic acids is 3. The van der Waals surface area contributed by atoms with Gasteiger partial charge in [0.05, 0.1) is 0 Å². The molecule has 0 saturated heterocycles. The lowest BCUT2D eigenvalue weighted by Crippen LogP contribution is -2.25. The van der Waals surface area contributed by atoms with Crippen molar-refractivity contribution in [3.05, 3.63) is 51.7 Å². The summed E-state index contributed by atoms with van der Waals surface area (Å²) in [5, 5.41) is 11.8. The molecule has 3 N–H and O–H groups in total. The van der Waals surface area contributed by atoms with E-state index >= 15 is 0 Å². The van der Waals surface area contributed by atoms with E-state index in [1.807, 2.05) is 12.3 Å². The Kier molecular flexibility index (Phi) is 6.71. The number of hydrogen-bond donors (Lipinski definition) is 3. The lowest BCUT2D eigenvalue weighted by Gasteiger charge is -2.10. The Morgan fingerprint density at radius 2 is 1.88 bits per heavy atom. The maximum atomic E-state index is 12.0. The van der Waals surface area contributed by atoms with Gasteiger partial charge in [0, 0.05) is 42.2 Å². The van der Waals surface area contributed by atoms with E-state index in [0.717, 1.165) is 5.56 Å². The van der Waals surface area contributed by atoms with Crippen molar-refractivity contribution in [2.75, 3.05) is 18.9 Å². The standard InChI is InChI=1S/C18H21N3O3S/c1-12-10-13(17(23)19-2)5-6-15(12)21-16(22)4-3-8-20-18(24)14-7-9-25-11-14/h5-7,9-11H,3-4,8H2,1-2H3,(H,19,23)(H,20,24)(H,21,22). The van der Waals surface area contributed by atoms with Crippen molar-refractivity contribution in [3.63, 3.8) is 0 Å². The molecule has 0 saturated carbocycles. The van der Waals surface area contributed by atoms with Crippen LogP contribution in [0.25, 0.3) is 0 Å². The molecule has 2 rings (SSSR count). The van der Waals surface area contributed by atoms with Crippen LogP contribution in [0.3, 0.4) is 0 Å².